The van der Waals surface area contributed by atoms with Gasteiger partial charge in [-0.05, 0) is 26.8 Å². The van der Waals surface area contributed by atoms with E-state index >= 15 is 0 Å². The molecule has 1 rings (SSSR count). The van der Waals surface area contributed by atoms with Crippen LogP contribution in [-0.2, 0) is 4.79 Å². The number of hydrazine groups is 1. The number of nitrogens with one attached hydrogen (secondary N) is 3. The van der Waals surface area contributed by atoms with Crippen LogP contribution in [0.25, 0.3) is 0 Å². The van der Waals surface area contributed by atoms with Crippen molar-refractivity contribution >= 4 is 17.6 Å². The lowest BCUT2D eigenvalue weighted by molar-refractivity contribution is -0.123. The molecule has 0 aliphatic rings. The lowest BCUT2D eigenvalue weighted by Gasteiger charge is -2.16. The number of nitrogen functional groups attached to an aromatic ring is 1. The van der Waals surface area contributed by atoms with Crippen LogP contribution in [0, 0.1) is 5.82 Å². The highest BCUT2D eigenvalue weighted by Crippen LogP contribution is 2.13. The van der Waals surface area contributed by atoms with Crippen molar-refractivity contribution in [2.45, 2.75) is 32.9 Å². The second-order valence-corrected chi connectivity index (χ2v) is 4.52. The van der Waals surface area contributed by atoms with Crippen LogP contribution in [-0.4, -0.2) is 28.9 Å². The van der Waals surface area contributed by atoms with Crippen LogP contribution in [0.4, 0.5) is 10.2 Å². The lowest BCUT2D eigenvalue weighted by Crippen LogP contribution is -2.47. The predicted octanol–water partition coefficient (Wildman–Crippen LogP) is 0.149. The summed E-state index contributed by atoms with van der Waals surface area (Å²) in [6.45, 7) is 5.11. The zero-order valence-corrected chi connectivity index (χ0v) is 11.5. The number of hydrogen-bond donors (Lipinski definition) is 4. The monoisotopic (exact) mass is 283 g/mol. The van der Waals surface area contributed by atoms with Gasteiger partial charge in [0, 0.05) is 12.2 Å². The van der Waals surface area contributed by atoms with Crippen molar-refractivity contribution in [3.05, 3.63) is 23.6 Å². The van der Waals surface area contributed by atoms with Gasteiger partial charge in [-0.2, -0.15) is 0 Å². The predicted molar refractivity (Wildman–Crippen MR) is 72.2 cm³/mol. The number of pyridine rings is 1. The first kappa shape index (κ1) is 15.8. The van der Waals surface area contributed by atoms with Gasteiger partial charge < -0.3 is 16.1 Å². The summed E-state index contributed by atoms with van der Waals surface area (Å²) < 4.78 is 13.8. The van der Waals surface area contributed by atoms with Crippen LogP contribution in [0.5, 0.6) is 0 Å². The van der Waals surface area contributed by atoms with Crippen LogP contribution in [0.1, 0.15) is 31.1 Å². The second-order valence-electron chi connectivity index (χ2n) is 4.52. The zero-order chi connectivity index (χ0) is 15.3. The molecule has 1 unspecified atom stereocenters. The molecule has 110 valence electrons. The molecule has 2 amide bonds. The van der Waals surface area contributed by atoms with Gasteiger partial charge in [0.2, 0.25) is 5.91 Å². The zero-order valence-electron chi connectivity index (χ0n) is 11.5. The van der Waals surface area contributed by atoms with Gasteiger partial charge in [0.1, 0.15) is 6.04 Å². The van der Waals surface area contributed by atoms with Gasteiger partial charge in [0.25, 0.3) is 5.91 Å². The van der Waals surface area contributed by atoms with Crippen molar-refractivity contribution in [1.29, 1.82) is 0 Å². The van der Waals surface area contributed by atoms with Gasteiger partial charge in [0.05, 0.1) is 5.56 Å². The van der Waals surface area contributed by atoms with Crippen LogP contribution in [0.15, 0.2) is 12.3 Å². The molecule has 5 N–H and O–H groups in total. The minimum Gasteiger partial charge on any atom is -0.352 e. The Morgan fingerprint density at radius 3 is 2.50 bits per heavy atom. The SMILES string of the molecule is CC(C)NC(=O)C(C)NC(=O)c1ccnc(NN)c1F. The molecule has 20 heavy (non-hydrogen) atoms. The van der Waals surface area contributed by atoms with Crippen molar-refractivity contribution < 1.29 is 14.0 Å². The fourth-order valence-corrected chi connectivity index (χ4v) is 1.47. The molecule has 0 saturated carbocycles. The number of carbonyl (C=O) groups excluding carboxylic acids is 2. The van der Waals surface area contributed by atoms with Gasteiger partial charge >= 0.3 is 0 Å². The number of hydrogen-bond acceptors (Lipinski definition) is 5. The Kier molecular flexibility index (Phi) is 5.39. The molecule has 0 aromatic carbocycles. The smallest absolute Gasteiger partial charge is 0.255 e. The molecule has 0 aliphatic heterocycles. The average molecular weight is 283 g/mol. The molecular formula is C12H18FN5O2. The Morgan fingerprint density at radius 2 is 1.95 bits per heavy atom. The topological polar surface area (TPSA) is 109 Å². The molecular weight excluding hydrogens is 265 g/mol. The highest BCUT2D eigenvalue weighted by atomic mass is 19.1. The minimum absolute atomic E-state index is 0.0486. The van der Waals surface area contributed by atoms with Crippen molar-refractivity contribution in [1.82, 2.24) is 15.6 Å². The van der Waals surface area contributed by atoms with Gasteiger partial charge in [0.15, 0.2) is 11.6 Å². The normalized spacial score (nSPS) is 11.9. The molecule has 1 aromatic rings. The maximum atomic E-state index is 13.8. The summed E-state index contributed by atoms with van der Waals surface area (Å²) in [5, 5.41) is 5.05. The molecule has 0 spiro atoms. The Hall–Kier alpha value is -2.22. The minimum atomic E-state index is -0.871. The van der Waals surface area contributed by atoms with Crippen molar-refractivity contribution in [2.75, 3.05) is 5.43 Å². The highest BCUT2D eigenvalue weighted by molar-refractivity contribution is 5.98. The van der Waals surface area contributed by atoms with Crippen molar-refractivity contribution in [3.63, 3.8) is 0 Å². The molecule has 0 bridgehead atoms. The molecule has 1 heterocycles. The Balaban J connectivity index is 2.79. The molecule has 0 fully saturated rings. The summed E-state index contributed by atoms with van der Waals surface area (Å²) in [4.78, 5) is 27.2. The number of anilines is 1. The Labute approximate surface area is 116 Å². The fraction of sp³-hybridized carbons (Fsp3) is 0.417. The summed E-state index contributed by atoms with van der Waals surface area (Å²) >= 11 is 0. The first-order valence-electron chi connectivity index (χ1n) is 6.09. The van der Waals surface area contributed by atoms with E-state index < -0.39 is 17.8 Å². The third-order valence-electron chi connectivity index (χ3n) is 2.44. The maximum Gasteiger partial charge on any atom is 0.255 e. The third-order valence-corrected chi connectivity index (χ3v) is 2.44. The molecule has 1 aromatic heterocycles. The van der Waals surface area contributed by atoms with Gasteiger partial charge in [-0.25, -0.2) is 15.2 Å². The van der Waals surface area contributed by atoms with E-state index in [2.05, 4.69) is 15.6 Å². The van der Waals surface area contributed by atoms with Crippen LogP contribution in [0.2, 0.25) is 0 Å². The fourth-order valence-electron chi connectivity index (χ4n) is 1.47. The molecule has 0 aliphatic carbocycles. The molecule has 8 heteroatoms. The van der Waals surface area contributed by atoms with Crippen LogP contribution >= 0.6 is 0 Å². The summed E-state index contributed by atoms with van der Waals surface area (Å²) in [6.07, 6.45) is 1.24. The Bertz CT molecular complexity index is 507. The van der Waals surface area contributed by atoms with E-state index in [1.165, 1.54) is 19.2 Å². The summed E-state index contributed by atoms with van der Waals surface area (Å²) in [6, 6.07) is 0.373. The number of rotatable bonds is 5. The van der Waals surface area contributed by atoms with E-state index in [9.17, 15) is 14.0 Å². The first-order chi connectivity index (χ1) is 9.36. The molecule has 0 saturated heterocycles. The molecule has 0 radical (unpaired) electrons. The average Bonchev–Trinajstić information content (AvgIpc) is 2.37. The largest absolute Gasteiger partial charge is 0.352 e. The third kappa shape index (κ3) is 3.89. The number of nitrogens with two attached hydrogens (primary N) is 1. The molecule has 1 atom stereocenters. The van der Waals surface area contributed by atoms with Crippen LogP contribution in [0.3, 0.4) is 0 Å². The van der Waals surface area contributed by atoms with Gasteiger partial charge in [-0.3, -0.25) is 9.59 Å². The number of aromatic nitrogens is 1. The first-order valence-corrected chi connectivity index (χ1v) is 6.09. The van der Waals surface area contributed by atoms with E-state index in [1.807, 2.05) is 5.43 Å². The van der Waals surface area contributed by atoms with E-state index in [-0.39, 0.29) is 23.3 Å². The van der Waals surface area contributed by atoms with Gasteiger partial charge in [-0.1, -0.05) is 0 Å². The van der Waals surface area contributed by atoms with Gasteiger partial charge in [-0.15, -0.1) is 0 Å². The number of halogens is 1. The number of amides is 2. The van der Waals surface area contributed by atoms with E-state index in [4.69, 9.17) is 5.84 Å². The maximum absolute atomic E-state index is 13.8. The lowest BCUT2D eigenvalue weighted by atomic mass is 10.2. The van der Waals surface area contributed by atoms with Crippen molar-refractivity contribution in [2.24, 2.45) is 5.84 Å². The van der Waals surface area contributed by atoms with E-state index in [1.54, 1.807) is 13.8 Å². The number of nitrogens with zero attached hydrogens (tertiary/aromatic N) is 1. The summed E-state index contributed by atoms with van der Waals surface area (Å²) in [5.74, 6) is 2.90. The Morgan fingerprint density at radius 1 is 1.30 bits per heavy atom. The second kappa shape index (κ2) is 6.80. The number of carbonyl (C=O) groups is 2. The van der Waals surface area contributed by atoms with E-state index in [0.717, 1.165) is 0 Å². The quantitative estimate of drug-likeness (QED) is 0.454. The summed E-state index contributed by atoms with van der Waals surface area (Å²) in [7, 11) is 0. The van der Waals surface area contributed by atoms with Crippen molar-refractivity contribution in [3.8, 4) is 0 Å². The standard InChI is InChI=1S/C12H18FN5O2/c1-6(2)16-11(19)7(3)17-12(20)8-4-5-15-10(18-14)9(8)13/h4-7H,14H2,1-3H3,(H,15,18)(H,16,19)(H,17,20). The summed E-state index contributed by atoms with van der Waals surface area (Å²) in [5.41, 5.74) is 1.81. The van der Waals surface area contributed by atoms with E-state index in [0.29, 0.717) is 0 Å². The van der Waals surface area contributed by atoms with Crippen LogP contribution < -0.4 is 21.9 Å². The molecule has 7 nitrogen and oxygen atoms in total. The highest BCUT2D eigenvalue weighted by Gasteiger charge is 2.20.